The predicted octanol–water partition coefficient (Wildman–Crippen LogP) is 1.13. The molecule has 0 bridgehead atoms. The second-order valence-corrected chi connectivity index (χ2v) is 6.81. The van der Waals surface area contributed by atoms with Crippen molar-refractivity contribution in [3.8, 4) is 0 Å². The molecule has 0 unspecified atom stereocenters. The van der Waals surface area contributed by atoms with Crippen molar-refractivity contribution in [3.63, 3.8) is 0 Å². The standard InChI is InChI=1S/C14H21N3O3S/c1-3-5-8-16(4-2)14(18)12-7-6-9-17-10-11-21(19,20)15-13(12)17/h6-7,9H,3-5,8,10-11H2,1-2H3. The number of fused-ring (bicyclic) bond motifs is 1. The minimum atomic E-state index is -3.47. The van der Waals surface area contributed by atoms with E-state index in [9.17, 15) is 13.2 Å². The van der Waals surface area contributed by atoms with E-state index in [0.29, 0.717) is 25.2 Å². The molecule has 2 aliphatic heterocycles. The molecule has 0 saturated heterocycles. The van der Waals surface area contributed by atoms with E-state index in [4.69, 9.17) is 0 Å². The first kappa shape index (κ1) is 15.8. The summed E-state index contributed by atoms with van der Waals surface area (Å²) in [6.07, 6.45) is 7.10. The molecule has 6 nitrogen and oxygen atoms in total. The molecule has 7 heteroatoms. The van der Waals surface area contributed by atoms with Crippen LogP contribution in [0.2, 0.25) is 0 Å². The lowest BCUT2D eigenvalue weighted by Crippen LogP contribution is -2.43. The summed E-state index contributed by atoms with van der Waals surface area (Å²) in [5.41, 5.74) is 0.360. The number of hydrogen-bond acceptors (Lipinski definition) is 4. The normalized spacial score (nSPS) is 19.6. The molecule has 0 aromatic carbocycles. The predicted molar refractivity (Wildman–Crippen MR) is 82.3 cm³/mol. The summed E-state index contributed by atoms with van der Waals surface area (Å²) < 4.78 is 27.2. The highest BCUT2D eigenvalue weighted by atomic mass is 32.2. The summed E-state index contributed by atoms with van der Waals surface area (Å²) >= 11 is 0. The SMILES string of the molecule is CCCCN(CC)C(=O)C1=CC=CN2CCS(=O)(=O)N=C12. The monoisotopic (exact) mass is 311 g/mol. The Hall–Kier alpha value is -1.63. The lowest BCUT2D eigenvalue weighted by atomic mass is 10.1. The van der Waals surface area contributed by atoms with Crippen molar-refractivity contribution in [2.24, 2.45) is 4.40 Å². The van der Waals surface area contributed by atoms with Gasteiger partial charge in [0.15, 0.2) is 5.84 Å². The molecule has 0 N–H and O–H groups in total. The fourth-order valence-corrected chi connectivity index (χ4v) is 3.29. The third kappa shape index (κ3) is 3.53. The number of carbonyl (C=O) groups excluding carboxylic acids is 1. The van der Waals surface area contributed by atoms with Crippen LogP contribution in [0.1, 0.15) is 26.7 Å². The van der Waals surface area contributed by atoms with Crippen LogP contribution in [0.25, 0.3) is 0 Å². The van der Waals surface area contributed by atoms with Gasteiger partial charge in [0.25, 0.3) is 15.9 Å². The molecule has 0 atom stereocenters. The molecular formula is C14H21N3O3S. The maximum atomic E-state index is 12.6. The smallest absolute Gasteiger partial charge is 0.257 e. The van der Waals surface area contributed by atoms with Crippen LogP contribution < -0.4 is 0 Å². The fraction of sp³-hybridized carbons (Fsp3) is 0.571. The van der Waals surface area contributed by atoms with Crippen LogP contribution >= 0.6 is 0 Å². The lowest BCUT2D eigenvalue weighted by molar-refractivity contribution is -0.126. The van der Waals surface area contributed by atoms with Gasteiger partial charge in [-0.2, -0.15) is 0 Å². The van der Waals surface area contributed by atoms with Gasteiger partial charge in [-0.1, -0.05) is 13.3 Å². The lowest BCUT2D eigenvalue weighted by Gasteiger charge is -2.31. The zero-order chi connectivity index (χ0) is 15.5. The second-order valence-electron chi connectivity index (χ2n) is 5.05. The third-order valence-corrected chi connectivity index (χ3v) is 4.69. The highest BCUT2D eigenvalue weighted by molar-refractivity contribution is 7.90. The van der Waals surface area contributed by atoms with Crippen molar-refractivity contribution >= 4 is 21.8 Å². The van der Waals surface area contributed by atoms with Crippen molar-refractivity contribution in [1.82, 2.24) is 9.80 Å². The topological polar surface area (TPSA) is 70.1 Å². The Morgan fingerprint density at radius 3 is 2.86 bits per heavy atom. The number of carbonyl (C=O) groups is 1. The first-order chi connectivity index (χ1) is 9.98. The summed E-state index contributed by atoms with van der Waals surface area (Å²) in [5, 5.41) is 0. The van der Waals surface area contributed by atoms with E-state index in [1.165, 1.54) is 0 Å². The van der Waals surface area contributed by atoms with E-state index >= 15 is 0 Å². The van der Waals surface area contributed by atoms with Gasteiger partial charge in [0.05, 0.1) is 11.3 Å². The van der Waals surface area contributed by atoms with Crippen LogP contribution in [0.5, 0.6) is 0 Å². The number of unbranched alkanes of at least 4 members (excludes halogenated alkanes) is 1. The van der Waals surface area contributed by atoms with E-state index in [1.807, 2.05) is 6.92 Å². The van der Waals surface area contributed by atoms with Gasteiger partial charge in [-0.25, -0.2) is 8.42 Å². The molecule has 0 fully saturated rings. The number of rotatable bonds is 5. The van der Waals surface area contributed by atoms with Crippen molar-refractivity contribution in [3.05, 3.63) is 23.9 Å². The van der Waals surface area contributed by atoms with Crippen molar-refractivity contribution in [1.29, 1.82) is 0 Å². The Morgan fingerprint density at radius 1 is 1.43 bits per heavy atom. The van der Waals surface area contributed by atoms with Gasteiger partial charge in [-0.3, -0.25) is 4.79 Å². The summed E-state index contributed by atoms with van der Waals surface area (Å²) in [7, 11) is -3.47. The molecule has 2 heterocycles. The first-order valence-corrected chi connectivity index (χ1v) is 8.87. The van der Waals surface area contributed by atoms with E-state index < -0.39 is 10.0 Å². The van der Waals surface area contributed by atoms with Crippen LogP contribution in [0.15, 0.2) is 28.3 Å². The average Bonchev–Trinajstić information content (AvgIpc) is 2.46. The molecular weight excluding hydrogens is 290 g/mol. The maximum Gasteiger partial charge on any atom is 0.257 e. The number of sulfonamides is 1. The van der Waals surface area contributed by atoms with Crippen molar-refractivity contribution < 1.29 is 13.2 Å². The van der Waals surface area contributed by atoms with Gasteiger partial charge in [0, 0.05) is 25.8 Å². The zero-order valence-electron chi connectivity index (χ0n) is 12.4. The van der Waals surface area contributed by atoms with E-state index in [2.05, 4.69) is 11.3 Å². The highest BCUT2D eigenvalue weighted by Gasteiger charge is 2.31. The number of amides is 1. The number of likely N-dealkylation sites (N-methyl/N-ethyl adjacent to an activating group) is 1. The molecule has 0 aromatic rings. The maximum absolute atomic E-state index is 12.6. The van der Waals surface area contributed by atoms with Crippen LogP contribution in [-0.4, -0.2) is 55.3 Å². The minimum absolute atomic E-state index is 0.0182. The molecule has 0 saturated carbocycles. The molecule has 2 aliphatic rings. The van der Waals surface area contributed by atoms with Gasteiger partial charge in [0.1, 0.15) is 0 Å². The Balaban J connectivity index is 2.29. The highest BCUT2D eigenvalue weighted by Crippen LogP contribution is 2.19. The summed E-state index contributed by atoms with van der Waals surface area (Å²) in [5.74, 6) is 0.0789. The Kier molecular flexibility index (Phi) is 4.82. The molecule has 116 valence electrons. The fourth-order valence-electron chi connectivity index (χ4n) is 2.31. The van der Waals surface area contributed by atoms with E-state index in [0.717, 1.165) is 12.8 Å². The van der Waals surface area contributed by atoms with Crippen LogP contribution in [0.4, 0.5) is 0 Å². The third-order valence-electron chi connectivity index (χ3n) is 3.54. The van der Waals surface area contributed by atoms with Gasteiger partial charge < -0.3 is 9.80 Å². The number of allylic oxidation sites excluding steroid dienone is 2. The number of hydrogen-bond donors (Lipinski definition) is 0. The van der Waals surface area contributed by atoms with Crippen LogP contribution in [0, 0.1) is 0 Å². The number of amidine groups is 1. The Morgan fingerprint density at radius 2 is 2.19 bits per heavy atom. The van der Waals surface area contributed by atoms with Gasteiger partial charge in [-0.15, -0.1) is 4.40 Å². The quantitative estimate of drug-likeness (QED) is 0.763. The van der Waals surface area contributed by atoms with Gasteiger partial charge in [-0.05, 0) is 25.5 Å². The average molecular weight is 311 g/mol. The van der Waals surface area contributed by atoms with Crippen LogP contribution in [-0.2, 0) is 14.8 Å². The molecule has 0 aliphatic carbocycles. The molecule has 0 aromatic heterocycles. The minimum Gasteiger partial charge on any atom is -0.339 e. The van der Waals surface area contributed by atoms with Gasteiger partial charge in [0.2, 0.25) is 0 Å². The van der Waals surface area contributed by atoms with Crippen molar-refractivity contribution in [2.45, 2.75) is 26.7 Å². The summed E-state index contributed by atoms with van der Waals surface area (Å²) in [4.78, 5) is 16.1. The van der Waals surface area contributed by atoms with E-state index in [-0.39, 0.29) is 17.5 Å². The van der Waals surface area contributed by atoms with Crippen molar-refractivity contribution in [2.75, 3.05) is 25.4 Å². The second kappa shape index (κ2) is 6.43. The van der Waals surface area contributed by atoms with Gasteiger partial charge >= 0.3 is 0 Å². The first-order valence-electron chi connectivity index (χ1n) is 7.26. The Bertz CT molecular complexity index is 605. The molecule has 0 radical (unpaired) electrons. The summed E-state index contributed by atoms with van der Waals surface area (Å²) in [6, 6.07) is 0. The molecule has 2 rings (SSSR count). The Labute approximate surface area is 125 Å². The van der Waals surface area contributed by atoms with E-state index in [1.54, 1.807) is 28.2 Å². The number of nitrogens with zero attached hydrogens (tertiary/aromatic N) is 3. The zero-order valence-corrected chi connectivity index (χ0v) is 13.3. The molecule has 21 heavy (non-hydrogen) atoms. The molecule has 0 spiro atoms. The van der Waals surface area contributed by atoms with Crippen LogP contribution in [0.3, 0.4) is 0 Å². The summed E-state index contributed by atoms with van der Waals surface area (Å²) in [6.45, 7) is 5.60. The molecule has 1 amide bonds. The largest absolute Gasteiger partial charge is 0.339 e.